The minimum atomic E-state index is -0.884. The number of carboxylic acid groups (broad SMARTS) is 1. The third-order valence-electron chi connectivity index (χ3n) is 2.85. The predicted molar refractivity (Wildman–Crippen MR) is 79.1 cm³/mol. The molecule has 2 rings (SSSR count). The Hall–Kier alpha value is -2.07. The Morgan fingerprint density at radius 2 is 2.15 bits per heavy atom. The van der Waals surface area contributed by atoms with Crippen LogP contribution in [0.5, 0.6) is 0 Å². The van der Waals surface area contributed by atoms with Gasteiger partial charge in [0.2, 0.25) is 0 Å². The summed E-state index contributed by atoms with van der Waals surface area (Å²) >= 11 is 5.96. The van der Waals surface area contributed by atoms with Gasteiger partial charge in [-0.2, -0.15) is 0 Å². The predicted octanol–water partition coefficient (Wildman–Crippen LogP) is 3.13. The van der Waals surface area contributed by atoms with Crippen molar-refractivity contribution in [3.8, 4) is 0 Å². The van der Waals surface area contributed by atoms with E-state index in [9.17, 15) is 4.79 Å². The van der Waals surface area contributed by atoms with Crippen molar-refractivity contribution in [3.05, 3.63) is 58.9 Å². The van der Waals surface area contributed by atoms with Crippen molar-refractivity contribution in [1.29, 1.82) is 0 Å². The van der Waals surface area contributed by atoms with E-state index in [0.29, 0.717) is 11.6 Å². The van der Waals surface area contributed by atoms with Gasteiger partial charge in [0.1, 0.15) is 6.54 Å². The van der Waals surface area contributed by atoms with E-state index in [-0.39, 0.29) is 6.54 Å². The molecule has 0 unspecified atom stereocenters. The summed E-state index contributed by atoms with van der Waals surface area (Å²) in [6.07, 6.45) is 1.76. The third-order valence-corrected chi connectivity index (χ3v) is 3.08. The number of carboxylic acids is 1. The van der Waals surface area contributed by atoms with Crippen molar-refractivity contribution in [2.75, 3.05) is 11.4 Å². The number of benzene rings is 1. The van der Waals surface area contributed by atoms with Crippen LogP contribution in [0.4, 0.5) is 5.69 Å². The fraction of sp³-hybridized carbons (Fsp3) is 0.200. The molecule has 5 heteroatoms. The van der Waals surface area contributed by atoms with Gasteiger partial charge in [-0.15, -0.1) is 0 Å². The van der Waals surface area contributed by atoms with Crippen molar-refractivity contribution < 1.29 is 9.90 Å². The Labute approximate surface area is 122 Å². The van der Waals surface area contributed by atoms with Gasteiger partial charge in [-0.3, -0.25) is 9.78 Å². The molecular formula is C15H15ClN2O2. The molecule has 0 atom stereocenters. The van der Waals surface area contributed by atoms with Gasteiger partial charge < -0.3 is 10.0 Å². The summed E-state index contributed by atoms with van der Waals surface area (Å²) in [4.78, 5) is 17.0. The zero-order valence-corrected chi connectivity index (χ0v) is 11.8. The highest BCUT2D eigenvalue weighted by Crippen LogP contribution is 2.21. The molecule has 1 N–H and O–H groups in total. The average molecular weight is 291 g/mol. The fourth-order valence-corrected chi connectivity index (χ4v) is 2.07. The molecule has 0 amide bonds. The van der Waals surface area contributed by atoms with Gasteiger partial charge in [0.05, 0.1) is 0 Å². The maximum atomic E-state index is 11.0. The summed E-state index contributed by atoms with van der Waals surface area (Å²) in [5, 5.41) is 9.63. The minimum absolute atomic E-state index is 0.0891. The maximum Gasteiger partial charge on any atom is 0.323 e. The van der Waals surface area contributed by atoms with Crippen molar-refractivity contribution >= 4 is 23.3 Å². The van der Waals surface area contributed by atoms with Gasteiger partial charge in [0, 0.05) is 29.1 Å². The Bertz CT molecular complexity index is 599. The van der Waals surface area contributed by atoms with Crippen LogP contribution >= 0.6 is 11.6 Å². The minimum Gasteiger partial charge on any atom is -0.480 e. The summed E-state index contributed by atoms with van der Waals surface area (Å²) in [5.41, 5.74) is 2.67. The lowest BCUT2D eigenvalue weighted by atomic mass is 10.2. The first kappa shape index (κ1) is 14.3. The molecule has 2 aromatic rings. The SMILES string of the molecule is Cc1ccc(CN(CC(=O)O)c2cccc(Cl)c2)cn1. The number of nitrogens with zero attached hydrogens (tertiary/aromatic N) is 2. The van der Waals surface area contributed by atoms with Crippen LogP contribution in [0.15, 0.2) is 42.6 Å². The number of aromatic nitrogens is 1. The number of halogens is 1. The highest BCUT2D eigenvalue weighted by atomic mass is 35.5. The summed E-state index contributed by atoms with van der Waals surface area (Å²) in [6, 6.07) is 11.0. The first-order valence-corrected chi connectivity index (χ1v) is 6.56. The van der Waals surface area contributed by atoms with E-state index < -0.39 is 5.97 Å². The number of aryl methyl sites for hydroxylation is 1. The molecule has 0 aliphatic heterocycles. The standard InChI is InChI=1S/C15H15ClN2O2/c1-11-5-6-12(8-17-11)9-18(10-15(19)20)14-4-2-3-13(16)7-14/h2-8H,9-10H2,1H3,(H,19,20). The van der Waals surface area contributed by atoms with Crippen LogP contribution in [-0.2, 0) is 11.3 Å². The number of hydrogen-bond donors (Lipinski definition) is 1. The molecule has 0 aliphatic carbocycles. The van der Waals surface area contributed by atoms with E-state index in [2.05, 4.69) is 4.98 Å². The van der Waals surface area contributed by atoms with Crippen LogP contribution in [-0.4, -0.2) is 22.6 Å². The number of carbonyl (C=O) groups is 1. The van der Waals surface area contributed by atoms with Crippen LogP contribution in [0.25, 0.3) is 0 Å². The molecule has 20 heavy (non-hydrogen) atoms. The average Bonchev–Trinajstić information content (AvgIpc) is 2.40. The van der Waals surface area contributed by atoms with Gasteiger partial charge in [-0.05, 0) is 36.8 Å². The van der Waals surface area contributed by atoms with E-state index in [1.54, 1.807) is 29.3 Å². The summed E-state index contributed by atoms with van der Waals surface area (Å²) in [6.45, 7) is 2.30. The van der Waals surface area contributed by atoms with E-state index in [4.69, 9.17) is 16.7 Å². The molecular weight excluding hydrogens is 276 g/mol. The van der Waals surface area contributed by atoms with Crippen LogP contribution < -0.4 is 4.90 Å². The van der Waals surface area contributed by atoms with Crippen molar-refractivity contribution in [1.82, 2.24) is 4.98 Å². The largest absolute Gasteiger partial charge is 0.480 e. The van der Waals surface area contributed by atoms with Gasteiger partial charge in [-0.1, -0.05) is 23.7 Å². The lowest BCUT2D eigenvalue weighted by Crippen LogP contribution is -2.29. The summed E-state index contributed by atoms with van der Waals surface area (Å²) in [5.74, 6) is -0.884. The van der Waals surface area contributed by atoms with Crippen molar-refractivity contribution in [3.63, 3.8) is 0 Å². The number of pyridine rings is 1. The number of rotatable bonds is 5. The lowest BCUT2D eigenvalue weighted by Gasteiger charge is -2.23. The zero-order valence-electron chi connectivity index (χ0n) is 11.1. The van der Waals surface area contributed by atoms with Crippen LogP contribution in [0.1, 0.15) is 11.3 Å². The third kappa shape index (κ3) is 3.96. The van der Waals surface area contributed by atoms with Gasteiger partial charge in [0.15, 0.2) is 0 Å². The van der Waals surface area contributed by atoms with Crippen LogP contribution in [0.2, 0.25) is 5.02 Å². The molecule has 104 valence electrons. The highest BCUT2D eigenvalue weighted by Gasteiger charge is 2.12. The first-order valence-electron chi connectivity index (χ1n) is 6.18. The van der Waals surface area contributed by atoms with E-state index in [0.717, 1.165) is 16.9 Å². The monoisotopic (exact) mass is 290 g/mol. The Morgan fingerprint density at radius 3 is 2.75 bits per heavy atom. The molecule has 0 saturated carbocycles. The molecule has 0 spiro atoms. The van der Waals surface area contributed by atoms with Gasteiger partial charge in [-0.25, -0.2) is 0 Å². The second-order valence-electron chi connectivity index (χ2n) is 4.54. The smallest absolute Gasteiger partial charge is 0.323 e. The summed E-state index contributed by atoms with van der Waals surface area (Å²) < 4.78 is 0. The van der Waals surface area contributed by atoms with E-state index in [1.165, 1.54) is 0 Å². The van der Waals surface area contributed by atoms with Gasteiger partial charge >= 0.3 is 5.97 Å². The number of aliphatic carboxylic acids is 1. The maximum absolute atomic E-state index is 11.0. The quantitative estimate of drug-likeness (QED) is 0.919. The van der Waals surface area contributed by atoms with E-state index in [1.807, 2.05) is 25.1 Å². The molecule has 1 aromatic heterocycles. The normalized spacial score (nSPS) is 10.3. The topological polar surface area (TPSA) is 53.4 Å². The van der Waals surface area contributed by atoms with E-state index >= 15 is 0 Å². The van der Waals surface area contributed by atoms with Crippen LogP contribution in [0.3, 0.4) is 0 Å². The molecule has 4 nitrogen and oxygen atoms in total. The number of hydrogen-bond acceptors (Lipinski definition) is 3. The lowest BCUT2D eigenvalue weighted by molar-refractivity contribution is -0.135. The molecule has 1 aromatic carbocycles. The highest BCUT2D eigenvalue weighted by molar-refractivity contribution is 6.30. The molecule has 1 heterocycles. The number of anilines is 1. The molecule has 0 bridgehead atoms. The Kier molecular flexibility index (Phi) is 4.58. The fourth-order valence-electron chi connectivity index (χ4n) is 1.89. The second-order valence-corrected chi connectivity index (χ2v) is 4.97. The Balaban J connectivity index is 2.23. The summed E-state index contributed by atoms with van der Waals surface area (Å²) in [7, 11) is 0. The molecule has 0 saturated heterocycles. The van der Waals surface area contributed by atoms with Crippen molar-refractivity contribution in [2.24, 2.45) is 0 Å². The molecule has 0 radical (unpaired) electrons. The zero-order chi connectivity index (χ0) is 14.5. The Morgan fingerprint density at radius 1 is 1.35 bits per heavy atom. The van der Waals surface area contributed by atoms with Crippen molar-refractivity contribution in [2.45, 2.75) is 13.5 Å². The van der Waals surface area contributed by atoms with Gasteiger partial charge in [0.25, 0.3) is 0 Å². The first-order chi connectivity index (χ1) is 9.54. The van der Waals surface area contributed by atoms with Crippen LogP contribution in [0, 0.1) is 6.92 Å². The molecule has 0 fully saturated rings. The second kappa shape index (κ2) is 6.39. The molecule has 0 aliphatic rings.